The average Bonchev–Trinajstić information content (AvgIpc) is 3.20. The summed E-state index contributed by atoms with van der Waals surface area (Å²) in [5.41, 5.74) is -0.109. The Hall–Kier alpha value is -2.53. The van der Waals surface area contributed by atoms with Crippen molar-refractivity contribution >= 4 is 12.1 Å². The molecule has 176 valence electrons. The number of carboxylic acid groups (broad SMARTS) is 1. The van der Waals surface area contributed by atoms with Crippen LogP contribution in [0.25, 0.3) is 0 Å². The average molecular weight is 457 g/mol. The van der Waals surface area contributed by atoms with Crippen LogP contribution < -0.4 is 5.32 Å². The van der Waals surface area contributed by atoms with Gasteiger partial charge in [0, 0.05) is 44.9 Å². The SMILES string of the molecule is O=C(O)NC1CC(c2ccc(C(F)(F)F)cc2)CN(C(=O)N2CCC3(CC2)OCCO3)C1. The van der Waals surface area contributed by atoms with Gasteiger partial charge in [-0.1, -0.05) is 12.1 Å². The van der Waals surface area contributed by atoms with Gasteiger partial charge in [-0.3, -0.25) is 0 Å². The Morgan fingerprint density at radius 3 is 2.22 bits per heavy atom. The van der Waals surface area contributed by atoms with Crippen molar-refractivity contribution in [2.45, 2.75) is 43.2 Å². The molecule has 3 aliphatic heterocycles. The van der Waals surface area contributed by atoms with Crippen LogP contribution in [0, 0.1) is 0 Å². The quantitative estimate of drug-likeness (QED) is 0.712. The fraction of sp³-hybridized carbons (Fsp3) is 0.619. The summed E-state index contributed by atoms with van der Waals surface area (Å²) in [5.74, 6) is -0.904. The lowest BCUT2D eigenvalue weighted by atomic mass is 9.87. The molecule has 11 heteroatoms. The van der Waals surface area contributed by atoms with E-state index >= 15 is 0 Å². The molecule has 0 bridgehead atoms. The van der Waals surface area contributed by atoms with E-state index < -0.39 is 29.7 Å². The summed E-state index contributed by atoms with van der Waals surface area (Å²) in [4.78, 5) is 27.7. The minimum absolute atomic E-state index is 0.205. The smallest absolute Gasteiger partial charge is 0.416 e. The lowest BCUT2D eigenvalue weighted by molar-refractivity contribution is -0.182. The molecule has 3 fully saturated rings. The van der Waals surface area contributed by atoms with Gasteiger partial charge in [0.15, 0.2) is 5.79 Å². The lowest BCUT2D eigenvalue weighted by Gasteiger charge is -2.43. The fourth-order valence-electron chi connectivity index (χ4n) is 4.74. The monoisotopic (exact) mass is 457 g/mol. The molecule has 32 heavy (non-hydrogen) atoms. The Kier molecular flexibility index (Phi) is 6.22. The maximum Gasteiger partial charge on any atom is 0.416 e. The van der Waals surface area contributed by atoms with Crippen LogP contribution in [0.3, 0.4) is 0 Å². The predicted octanol–water partition coefficient (Wildman–Crippen LogP) is 3.09. The molecule has 1 aromatic rings. The van der Waals surface area contributed by atoms with Gasteiger partial charge >= 0.3 is 18.3 Å². The highest BCUT2D eigenvalue weighted by Gasteiger charge is 2.42. The van der Waals surface area contributed by atoms with Crippen molar-refractivity contribution in [3.63, 3.8) is 0 Å². The van der Waals surface area contributed by atoms with E-state index in [0.717, 1.165) is 12.1 Å². The molecule has 1 spiro atoms. The summed E-state index contributed by atoms with van der Waals surface area (Å²) < 4.78 is 50.1. The number of nitrogens with one attached hydrogen (secondary N) is 1. The number of benzene rings is 1. The second-order valence-electron chi connectivity index (χ2n) is 8.48. The van der Waals surface area contributed by atoms with Crippen LogP contribution in [0.2, 0.25) is 0 Å². The minimum atomic E-state index is -4.43. The standard InChI is InChI=1S/C21H26F3N3O5/c22-21(23,24)16-3-1-14(2-4-16)15-11-17(25-18(28)29)13-27(12-15)19(30)26-7-5-20(6-8-26)31-9-10-32-20/h1-4,15,17,25H,5-13H2,(H,28,29). The number of amides is 3. The van der Waals surface area contributed by atoms with E-state index in [4.69, 9.17) is 14.6 Å². The molecular formula is C21H26F3N3O5. The Balaban J connectivity index is 1.46. The number of hydrogen-bond donors (Lipinski definition) is 2. The summed E-state index contributed by atoms with van der Waals surface area (Å²) in [6, 6.07) is 4.10. The van der Waals surface area contributed by atoms with E-state index in [0.29, 0.717) is 57.7 Å². The van der Waals surface area contributed by atoms with Crippen molar-refractivity contribution in [3.05, 3.63) is 35.4 Å². The van der Waals surface area contributed by atoms with Crippen LogP contribution >= 0.6 is 0 Å². The van der Waals surface area contributed by atoms with Gasteiger partial charge in [0.2, 0.25) is 0 Å². The number of piperidine rings is 2. The highest BCUT2D eigenvalue weighted by Crippen LogP contribution is 2.34. The van der Waals surface area contributed by atoms with Gasteiger partial charge in [-0.25, -0.2) is 9.59 Å². The summed E-state index contributed by atoms with van der Waals surface area (Å²) in [5, 5.41) is 11.6. The number of carbonyl (C=O) groups excluding carboxylic acids is 1. The van der Waals surface area contributed by atoms with Crippen LogP contribution in [0.5, 0.6) is 0 Å². The molecule has 0 saturated carbocycles. The highest BCUT2D eigenvalue weighted by atomic mass is 19.4. The number of urea groups is 1. The Morgan fingerprint density at radius 2 is 1.66 bits per heavy atom. The Labute approximate surface area is 183 Å². The van der Waals surface area contributed by atoms with Crippen LogP contribution in [0.1, 0.15) is 36.3 Å². The second kappa shape index (κ2) is 8.78. The van der Waals surface area contributed by atoms with Gasteiger partial charge in [0.05, 0.1) is 24.8 Å². The molecule has 2 atom stereocenters. The summed E-state index contributed by atoms with van der Waals surface area (Å²) in [6.07, 6.45) is -4.12. The third-order valence-electron chi connectivity index (χ3n) is 6.37. The maximum atomic E-state index is 13.2. The van der Waals surface area contributed by atoms with E-state index in [1.807, 2.05) is 0 Å². The van der Waals surface area contributed by atoms with Crippen molar-refractivity contribution in [1.82, 2.24) is 15.1 Å². The molecule has 2 unspecified atom stereocenters. The summed E-state index contributed by atoms with van der Waals surface area (Å²) >= 11 is 0. The minimum Gasteiger partial charge on any atom is -0.465 e. The number of hydrogen-bond acceptors (Lipinski definition) is 4. The van der Waals surface area contributed by atoms with Crippen molar-refractivity contribution in [3.8, 4) is 0 Å². The van der Waals surface area contributed by atoms with Gasteiger partial charge in [0.1, 0.15) is 0 Å². The number of carbonyl (C=O) groups is 2. The largest absolute Gasteiger partial charge is 0.465 e. The zero-order valence-corrected chi connectivity index (χ0v) is 17.4. The number of halogens is 3. The molecule has 3 saturated heterocycles. The van der Waals surface area contributed by atoms with Crippen molar-refractivity contribution in [2.75, 3.05) is 39.4 Å². The van der Waals surface area contributed by atoms with E-state index in [-0.39, 0.29) is 18.5 Å². The van der Waals surface area contributed by atoms with E-state index in [2.05, 4.69) is 5.32 Å². The van der Waals surface area contributed by atoms with Gasteiger partial charge in [0.25, 0.3) is 0 Å². The van der Waals surface area contributed by atoms with Crippen LogP contribution in [0.15, 0.2) is 24.3 Å². The maximum absolute atomic E-state index is 13.2. The molecule has 1 aromatic carbocycles. The number of alkyl halides is 3. The molecule has 3 amide bonds. The molecule has 4 rings (SSSR count). The molecule has 0 aliphatic carbocycles. The van der Waals surface area contributed by atoms with Gasteiger partial charge in [-0.15, -0.1) is 0 Å². The first-order chi connectivity index (χ1) is 15.2. The van der Waals surface area contributed by atoms with E-state index in [9.17, 15) is 22.8 Å². The number of rotatable bonds is 2. The molecule has 3 heterocycles. The molecular weight excluding hydrogens is 431 g/mol. The summed E-state index contributed by atoms with van der Waals surface area (Å²) in [7, 11) is 0. The topological polar surface area (TPSA) is 91.3 Å². The third kappa shape index (κ3) is 4.93. The number of nitrogens with zero attached hydrogens (tertiary/aromatic N) is 2. The molecule has 3 aliphatic rings. The summed E-state index contributed by atoms with van der Waals surface area (Å²) in [6.45, 7) is 2.50. The first-order valence-electron chi connectivity index (χ1n) is 10.6. The first kappa shape index (κ1) is 22.7. The number of ether oxygens (including phenoxy) is 2. The zero-order chi connectivity index (χ0) is 22.9. The molecule has 2 N–H and O–H groups in total. The van der Waals surface area contributed by atoms with Gasteiger partial charge in [-0.05, 0) is 24.1 Å². The molecule has 8 nitrogen and oxygen atoms in total. The molecule has 0 aromatic heterocycles. The van der Waals surface area contributed by atoms with Gasteiger partial charge < -0.3 is 29.7 Å². The zero-order valence-electron chi connectivity index (χ0n) is 17.4. The Bertz CT molecular complexity index is 832. The Morgan fingerprint density at radius 1 is 1.03 bits per heavy atom. The van der Waals surface area contributed by atoms with Crippen LogP contribution in [-0.2, 0) is 15.7 Å². The number of likely N-dealkylation sites (tertiary alicyclic amines) is 2. The van der Waals surface area contributed by atoms with Crippen LogP contribution in [-0.4, -0.2) is 78.3 Å². The first-order valence-corrected chi connectivity index (χ1v) is 10.6. The lowest BCUT2D eigenvalue weighted by Crippen LogP contribution is -2.57. The van der Waals surface area contributed by atoms with Crippen molar-refractivity contribution in [1.29, 1.82) is 0 Å². The van der Waals surface area contributed by atoms with E-state index in [1.165, 1.54) is 12.1 Å². The highest BCUT2D eigenvalue weighted by molar-refractivity contribution is 5.75. The van der Waals surface area contributed by atoms with Gasteiger partial charge in [-0.2, -0.15) is 13.2 Å². The van der Waals surface area contributed by atoms with Crippen LogP contribution in [0.4, 0.5) is 22.8 Å². The predicted molar refractivity (Wildman–Crippen MR) is 106 cm³/mol. The fourth-order valence-corrected chi connectivity index (χ4v) is 4.74. The van der Waals surface area contributed by atoms with E-state index in [1.54, 1.807) is 9.80 Å². The van der Waals surface area contributed by atoms with Crippen molar-refractivity contribution < 1.29 is 37.3 Å². The second-order valence-corrected chi connectivity index (χ2v) is 8.48. The normalized spacial score (nSPS) is 25.7. The molecule has 0 radical (unpaired) electrons. The van der Waals surface area contributed by atoms with Crippen molar-refractivity contribution in [2.24, 2.45) is 0 Å². The third-order valence-corrected chi connectivity index (χ3v) is 6.37.